The highest BCUT2D eigenvalue weighted by Gasteiger charge is 2.16. The van der Waals surface area contributed by atoms with Gasteiger partial charge in [0.2, 0.25) is 0 Å². The maximum atomic E-state index is 11.3. The van der Waals surface area contributed by atoms with Gasteiger partial charge in [-0.1, -0.05) is 97.1 Å². The number of benzene rings is 6. The van der Waals surface area contributed by atoms with Crippen molar-refractivity contribution in [1.82, 2.24) is 0 Å². The molecule has 6 aromatic rings. The van der Waals surface area contributed by atoms with Gasteiger partial charge in [-0.25, -0.2) is 0 Å². The molecule has 0 radical (unpaired) electrons. The first-order chi connectivity index (χ1) is 22.2. The minimum Gasteiger partial charge on any atom is -0.466 e. The zero-order chi connectivity index (χ0) is 30.8. The van der Waals surface area contributed by atoms with Crippen LogP contribution in [0.25, 0.3) is 11.1 Å². The van der Waals surface area contributed by atoms with Crippen LogP contribution < -0.4 is 9.80 Å². The van der Waals surface area contributed by atoms with E-state index >= 15 is 0 Å². The fourth-order valence-corrected chi connectivity index (χ4v) is 5.63. The van der Waals surface area contributed by atoms with Gasteiger partial charge in [0.25, 0.3) is 0 Å². The zero-order valence-corrected chi connectivity index (χ0v) is 25.4. The lowest BCUT2D eigenvalue weighted by Crippen LogP contribution is -2.12. The standard InChI is InChI=1S/C41H36N2O2/c1-32(44)45-31-13-15-35-14-11-12-22-41(35)43(38-20-9-4-10-21-38)40-29-25-34(26-30-40)33-23-27-39(28-24-33)42(36-16-5-2-6-17-36)37-18-7-3-8-19-37/h2-12,14,16-30H,13,15,31H2,1H3. The number of ether oxygens (including phenoxy) is 1. The van der Waals surface area contributed by atoms with Crippen molar-refractivity contribution in [3.8, 4) is 11.1 Å². The molecule has 0 saturated heterocycles. The van der Waals surface area contributed by atoms with Gasteiger partial charge in [0.1, 0.15) is 0 Å². The maximum Gasteiger partial charge on any atom is 0.302 e. The first-order valence-corrected chi connectivity index (χ1v) is 15.3. The van der Waals surface area contributed by atoms with Crippen LogP contribution >= 0.6 is 0 Å². The average molecular weight is 589 g/mol. The van der Waals surface area contributed by atoms with Crippen molar-refractivity contribution in [2.45, 2.75) is 19.8 Å². The SMILES string of the molecule is CC(=O)OCCCc1ccccc1N(c1ccccc1)c1ccc(-c2ccc(N(c3ccccc3)c3ccccc3)cc2)cc1. The summed E-state index contributed by atoms with van der Waals surface area (Å²) in [7, 11) is 0. The Kier molecular flexibility index (Phi) is 9.32. The van der Waals surface area contributed by atoms with Crippen molar-refractivity contribution in [2.75, 3.05) is 16.4 Å². The molecule has 0 aromatic heterocycles. The van der Waals surface area contributed by atoms with Crippen molar-refractivity contribution in [3.05, 3.63) is 169 Å². The smallest absolute Gasteiger partial charge is 0.302 e. The van der Waals surface area contributed by atoms with E-state index in [1.54, 1.807) is 0 Å². The Morgan fingerprint density at radius 3 is 1.38 bits per heavy atom. The van der Waals surface area contributed by atoms with Crippen LogP contribution in [0.4, 0.5) is 34.1 Å². The molecule has 0 heterocycles. The van der Waals surface area contributed by atoms with Gasteiger partial charge in [-0.3, -0.25) is 4.79 Å². The van der Waals surface area contributed by atoms with Crippen LogP contribution in [0.2, 0.25) is 0 Å². The Morgan fingerprint density at radius 2 is 0.889 bits per heavy atom. The number of hydrogen-bond donors (Lipinski definition) is 0. The summed E-state index contributed by atoms with van der Waals surface area (Å²) in [4.78, 5) is 15.8. The molecule has 0 aliphatic carbocycles. The van der Waals surface area contributed by atoms with E-state index in [9.17, 15) is 4.79 Å². The van der Waals surface area contributed by atoms with Crippen LogP contribution in [0.1, 0.15) is 18.9 Å². The lowest BCUT2D eigenvalue weighted by Gasteiger charge is -2.28. The summed E-state index contributed by atoms with van der Waals surface area (Å²) >= 11 is 0. The molecule has 0 aliphatic heterocycles. The van der Waals surface area contributed by atoms with E-state index in [4.69, 9.17) is 4.74 Å². The molecule has 0 fully saturated rings. The molecule has 0 amide bonds. The average Bonchev–Trinajstić information content (AvgIpc) is 3.10. The second kappa shape index (κ2) is 14.2. The van der Waals surface area contributed by atoms with E-state index in [-0.39, 0.29) is 5.97 Å². The predicted octanol–water partition coefficient (Wildman–Crippen LogP) is 10.8. The molecule has 45 heavy (non-hydrogen) atoms. The van der Waals surface area contributed by atoms with E-state index in [0.717, 1.165) is 58.1 Å². The van der Waals surface area contributed by atoms with E-state index in [2.05, 4.69) is 155 Å². The second-order valence-electron chi connectivity index (χ2n) is 10.8. The molecular weight excluding hydrogens is 552 g/mol. The number of para-hydroxylation sites is 4. The Balaban J connectivity index is 1.29. The van der Waals surface area contributed by atoms with Crippen LogP contribution in [0.5, 0.6) is 0 Å². The van der Waals surface area contributed by atoms with Gasteiger partial charge in [0.15, 0.2) is 0 Å². The Morgan fingerprint density at radius 1 is 0.489 bits per heavy atom. The Bertz CT molecular complexity index is 1760. The van der Waals surface area contributed by atoms with Crippen LogP contribution in [-0.4, -0.2) is 12.6 Å². The summed E-state index contributed by atoms with van der Waals surface area (Å²) < 4.78 is 5.20. The molecule has 0 N–H and O–H groups in total. The molecule has 0 atom stereocenters. The van der Waals surface area contributed by atoms with Gasteiger partial charge >= 0.3 is 5.97 Å². The number of nitrogens with zero attached hydrogens (tertiary/aromatic N) is 2. The molecule has 0 unspecified atom stereocenters. The third kappa shape index (κ3) is 7.14. The molecule has 6 aromatic carbocycles. The molecule has 0 bridgehead atoms. The van der Waals surface area contributed by atoms with E-state index in [0.29, 0.717) is 6.61 Å². The number of carbonyl (C=O) groups is 1. The monoisotopic (exact) mass is 588 g/mol. The number of rotatable bonds is 11. The topological polar surface area (TPSA) is 32.8 Å². The minimum absolute atomic E-state index is 0.242. The fraction of sp³-hybridized carbons (Fsp3) is 0.0976. The summed E-state index contributed by atoms with van der Waals surface area (Å²) in [6.07, 6.45) is 1.57. The minimum atomic E-state index is -0.242. The number of hydrogen-bond acceptors (Lipinski definition) is 4. The molecule has 0 spiro atoms. The lowest BCUT2D eigenvalue weighted by molar-refractivity contribution is -0.141. The molecule has 4 heteroatoms. The van der Waals surface area contributed by atoms with Crippen molar-refractivity contribution >= 4 is 40.1 Å². The van der Waals surface area contributed by atoms with Gasteiger partial charge in [-0.05, 0) is 96.3 Å². The summed E-state index contributed by atoms with van der Waals surface area (Å²) in [6, 6.07) is 57.3. The second-order valence-corrected chi connectivity index (χ2v) is 10.8. The third-order valence-corrected chi connectivity index (χ3v) is 7.76. The normalized spacial score (nSPS) is 10.7. The van der Waals surface area contributed by atoms with Gasteiger partial charge < -0.3 is 14.5 Å². The quantitative estimate of drug-likeness (QED) is 0.111. The summed E-state index contributed by atoms with van der Waals surface area (Å²) in [5.41, 5.74) is 10.1. The van der Waals surface area contributed by atoms with E-state index < -0.39 is 0 Å². The fourth-order valence-electron chi connectivity index (χ4n) is 5.63. The van der Waals surface area contributed by atoms with Crippen LogP contribution in [0.15, 0.2) is 164 Å². The highest BCUT2D eigenvalue weighted by atomic mass is 16.5. The highest BCUT2D eigenvalue weighted by molar-refractivity contribution is 5.81. The molecule has 6 rings (SSSR count). The summed E-state index contributed by atoms with van der Waals surface area (Å²) in [5, 5.41) is 0. The zero-order valence-electron chi connectivity index (χ0n) is 25.4. The van der Waals surface area contributed by atoms with Gasteiger partial charge in [-0.15, -0.1) is 0 Å². The molecule has 4 nitrogen and oxygen atoms in total. The number of esters is 1. The Hall–Kier alpha value is -5.61. The van der Waals surface area contributed by atoms with Crippen molar-refractivity contribution < 1.29 is 9.53 Å². The molecular formula is C41H36N2O2. The first-order valence-electron chi connectivity index (χ1n) is 15.3. The van der Waals surface area contributed by atoms with Gasteiger partial charge in [-0.2, -0.15) is 0 Å². The highest BCUT2D eigenvalue weighted by Crippen LogP contribution is 2.39. The van der Waals surface area contributed by atoms with Crippen molar-refractivity contribution in [1.29, 1.82) is 0 Å². The molecule has 0 saturated carbocycles. The molecule has 0 aliphatic rings. The largest absolute Gasteiger partial charge is 0.466 e. The third-order valence-electron chi connectivity index (χ3n) is 7.76. The maximum absolute atomic E-state index is 11.3. The number of carbonyl (C=O) groups excluding carboxylic acids is 1. The van der Waals surface area contributed by atoms with Gasteiger partial charge in [0, 0.05) is 41.0 Å². The predicted molar refractivity (Wildman–Crippen MR) is 186 cm³/mol. The summed E-state index contributed by atoms with van der Waals surface area (Å²) in [5.74, 6) is -0.242. The van der Waals surface area contributed by atoms with Crippen molar-refractivity contribution in [3.63, 3.8) is 0 Å². The number of anilines is 6. The van der Waals surface area contributed by atoms with Crippen LogP contribution in [0, 0.1) is 0 Å². The van der Waals surface area contributed by atoms with E-state index in [1.807, 2.05) is 18.2 Å². The lowest BCUT2D eigenvalue weighted by atomic mass is 10.0. The summed E-state index contributed by atoms with van der Waals surface area (Å²) in [6.45, 7) is 1.87. The molecule has 222 valence electrons. The van der Waals surface area contributed by atoms with Gasteiger partial charge in [0.05, 0.1) is 6.61 Å². The first kappa shape index (κ1) is 29.5. The van der Waals surface area contributed by atoms with E-state index in [1.165, 1.54) is 12.5 Å². The Labute approximate surface area is 265 Å². The van der Waals surface area contributed by atoms with Crippen molar-refractivity contribution in [2.24, 2.45) is 0 Å². The van der Waals surface area contributed by atoms with Crippen LogP contribution in [-0.2, 0) is 16.0 Å². The number of aryl methyl sites for hydroxylation is 1. The van der Waals surface area contributed by atoms with Crippen LogP contribution in [0.3, 0.4) is 0 Å².